The van der Waals surface area contributed by atoms with Crippen molar-refractivity contribution < 1.29 is 4.42 Å². The number of allylic oxidation sites excluding steroid dienone is 3. The van der Waals surface area contributed by atoms with E-state index in [1.165, 1.54) is 86.9 Å². The van der Waals surface area contributed by atoms with Crippen molar-refractivity contribution in [1.29, 1.82) is 0 Å². The summed E-state index contributed by atoms with van der Waals surface area (Å²) in [4.78, 5) is 1.37. The molecular weight excluding hydrogens is 661 g/mol. The molecule has 0 saturated carbocycles. The van der Waals surface area contributed by atoms with E-state index in [9.17, 15) is 0 Å². The second-order valence-electron chi connectivity index (χ2n) is 14.3. The number of fused-ring (bicyclic) bond motifs is 7. The predicted octanol–water partition coefficient (Wildman–Crippen LogP) is 14.4. The highest BCUT2D eigenvalue weighted by Gasteiger charge is 2.37. The maximum Gasteiger partial charge on any atom is 0.135 e. The summed E-state index contributed by atoms with van der Waals surface area (Å²) in [5, 5.41) is 10.4. The Bertz CT molecular complexity index is 2880. The predicted molar refractivity (Wildman–Crippen MR) is 226 cm³/mol. The molecule has 11 rings (SSSR count). The Labute approximate surface area is 312 Å². The quantitative estimate of drug-likeness (QED) is 0.170. The topological polar surface area (TPSA) is 13.1 Å². The summed E-state index contributed by atoms with van der Waals surface area (Å²) < 4.78 is 6.26. The minimum atomic E-state index is 0.268. The van der Waals surface area contributed by atoms with E-state index in [1.54, 1.807) is 0 Å². The minimum Gasteiger partial charge on any atom is -0.461 e. The van der Waals surface area contributed by atoms with Crippen LogP contribution in [0.4, 0.5) is 0 Å². The first-order valence-corrected chi connectivity index (χ1v) is 19.3. The van der Waals surface area contributed by atoms with E-state index in [0.717, 1.165) is 17.1 Å². The zero-order valence-corrected chi connectivity index (χ0v) is 30.0. The molecular formula is C51H34OS. The first kappa shape index (κ1) is 30.5. The van der Waals surface area contributed by atoms with Crippen LogP contribution in [0.15, 0.2) is 185 Å². The summed E-state index contributed by atoms with van der Waals surface area (Å²) in [6.07, 6.45) is 7.12. The van der Waals surface area contributed by atoms with Gasteiger partial charge in [-0.15, -0.1) is 11.8 Å². The molecule has 53 heavy (non-hydrogen) atoms. The zero-order valence-electron chi connectivity index (χ0n) is 29.2. The van der Waals surface area contributed by atoms with Crippen molar-refractivity contribution >= 4 is 60.4 Å². The van der Waals surface area contributed by atoms with Gasteiger partial charge in [-0.2, -0.15) is 0 Å². The van der Waals surface area contributed by atoms with Crippen LogP contribution in [0.5, 0.6) is 0 Å². The van der Waals surface area contributed by atoms with Gasteiger partial charge in [0.25, 0.3) is 0 Å². The van der Waals surface area contributed by atoms with E-state index >= 15 is 0 Å². The third kappa shape index (κ3) is 4.65. The Hall–Kier alpha value is -6.09. The lowest BCUT2D eigenvalue weighted by molar-refractivity contribution is 0.549. The van der Waals surface area contributed by atoms with Gasteiger partial charge in [0.2, 0.25) is 0 Å². The van der Waals surface area contributed by atoms with Gasteiger partial charge in [-0.3, -0.25) is 0 Å². The Morgan fingerprint density at radius 3 is 1.53 bits per heavy atom. The van der Waals surface area contributed by atoms with Gasteiger partial charge in [0.05, 0.1) is 0 Å². The van der Waals surface area contributed by atoms with Gasteiger partial charge < -0.3 is 4.42 Å². The highest BCUT2D eigenvalue weighted by molar-refractivity contribution is 8.00. The van der Waals surface area contributed by atoms with Crippen LogP contribution >= 0.6 is 11.8 Å². The molecule has 2 aliphatic rings. The van der Waals surface area contributed by atoms with Crippen molar-refractivity contribution in [1.82, 2.24) is 0 Å². The van der Waals surface area contributed by atoms with Crippen LogP contribution in [-0.4, -0.2) is 5.25 Å². The molecule has 2 heteroatoms. The highest BCUT2D eigenvalue weighted by Crippen LogP contribution is 2.56. The van der Waals surface area contributed by atoms with Crippen molar-refractivity contribution in [3.8, 4) is 33.6 Å². The summed E-state index contributed by atoms with van der Waals surface area (Å²) in [6, 6.07) is 57.9. The largest absolute Gasteiger partial charge is 0.461 e. The molecule has 2 unspecified atom stereocenters. The maximum atomic E-state index is 6.26. The third-order valence-corrected chi connectivity index (χ3v) is 12.8. The summed E-state index contributed by atoms with van der Waals surface area (Å²) in [7, 11) is 0. The molecule has 2 heterocycles. The van der Waals surface area contributed by atoms with Crippen LogP contribution in [-0.2, 0) is 0 Å². The van der Waals surface area contributed by atoms with Gasteiger partial charge in [-0.05, 0) is 113 Å². The fourth-order valence-corrected chi connectivity index (χ4v) is 10.6. The summed E-state index contributed by atoms with van der Waals surface area (Å²) >= 11 is 2.02. The lowest BCUT2D eigenvalue weighted by atomic mass is 9.79. The number of hydrogen-bond donors (Lipinski definition) is 0. The molecule has 0 radical (unpaired) electrons. The third-order valence-electron chi connectivity index (χ3n) is 11.3. The Balaban J connectivity index is 1.08. The van der Waals surface area contributed by atoms with Gasteiger partial charge in [0.1, 0.15) is 11.5 Å². The smallest absolute Gasteiger partial charge is 0.135 e. The molecule has 1 aliphatic heterocycles. The molecule has 9 aromatic rings. The van der Waals surface area contributed by atoms with Crippen LogP contribution in [0.3, 0.4) is 0 Å². The van der Waals surface area contributed by atoms with Crippen molar-refractivity contribution in [2.45, 2.75) is 23.0 Å². The number of furan rings is 1. The average molecular weight is 695 g/mol. The number of thioether (sulfide) groups is 1. The van der Waals surface area contributed by atoms with Crippen LogP contribution < -0.4 is 0 Å². The van der Waals surface area contributed by atoms with E-state index in [-0.39, 0.29) is 11.2 Å². The molecule has 0 amide bonds. The van der Waals surface area contributed by atoms with Gasteiger partial charge in [0.15, 0.2) is 0 Å². The van der Waals surface area contributed by atoms with Crippen LogP contribution in [0.25, 0.3) is 82.2 Å². The first-order valence-electron chi connectivity index (χ1n) is 18.4. The van der Waals surface area contributed by atoms with E-state index in [4.69, 9.17) is 4.42 Å². The lowest BCUT2D eigenvalue weighted by Crippen LogP contribution is -2.14. The number of aryl methyl sites for hydroxylation is 1. The minimum absolute atomic E-state index is 0.268. The van der Waals surface area contributed by atoms with E-state index in [2.05, 4.69) is 176 Å². The molecule has 250 valence electrons. The van der Waals surface area contributed by atoms with Gasteiger partial charge in [-0.25, -0.2) is 0 Å². The van der Waals surface area contributed by atoms with E-state index in [0.29, 0.717) is 0 Å². The van der Waals surface area contributed by atoms with Gasteiger partial charge >= 0.3 is 0 Å². The average Bonchev–Trinajstić information content (AvgIpc) is 3.82. The van der Waals surface area contributed by atoms with E-state index < -0.39 is 0 Å². The molecule has 0 bridgehead atoms. The van der Waals surface area contributed by atoms with Crippen LogP contribution in [0.1, 0.15) is 22.8 Å². The SMILES string of the molecule is Cc1ccc(-c2c3ccccc3c(-c3ccc4c(c3)C3C=CC=C(c5c6ccccc6c(-c6ccccc6)c6ccccc56)C3S4)c3ccccc23)o1. The number of hydrogen-bond acceptors (Lipinski definition) is 2. The molecule has 0 spiro atoms. The fraction of sp³-hybridized carbons (Fsp3) is 0.0588. The van der Waals surface area contributed by atoms with Crippen molar-refractivity contribution in [3.63, 3.8) is 0 Å². The second-order valence-corrected chi connectivity index (χ2v) is 15.5. The monoisotopic (exact) mass is 694 g/mol. The Morgan fingerprint density at radius 1 is 0.472 bits per heavy atom. The molecule has 1 aromatic heterocycles. The van der Waals surface area contributed by atoms with Crippen molar-refractivity contribution in [2.75, 3.05) is 0 Å². The molecule has 0 N–H and O–H groups in total. The molecule has 1 nitrogen and oxygen atoms in total. The maximum absolute atomic E-state index is 6.26. The molecule has 1 aliphatic carbocycles. The van der Waals surface area contributed by atoms with Gasteiger partial charge in [0, 0.05) is 21.6 Å². The van der Waals surface area contributed by atoms with Crippen LogP contribution in [0, 0.1) is 6.92 Å². The zero-order chi connectivity index (χ0) is 35.0. The Morgan fingerprint density at radius 2 is 0.981 bits per heavy atom. The normalized spacial score (nSPS) is 16.4. The fourth-order valence-electron chi connectivity index (χ4n) is 9.13. The second kappa shape index (κ2) is 12.0. The van der Waals surface area contributed by atoms with Crippen molar-refractivity contribution in [2.24, 2.45) is 0 Å². The van der Waals surface area contributed by atoms with Crippen LogP contribution in [0.2, 0.25) is 0 Å². The molecule has 2 atom stereocenters. The lowest BCUT2D eigenvalue weighted by Gasteiger charge is -2.26. The van der Waals surface area contributed by atoms with Gasteiger partial charge in [-0.1, -0.05) is 152 Å². The first-order chi connectivity index (χ1) is 26.2. The highest BCUT2D eigenvalue weighted by atomic mass is 32.2. The summed E-state index contributed by atoms with van der Waals surface area (Å²) in [5.74, 6) is 2.10. The standard InChI is InChI=1S/C51H34OS/c1-31-26-28-45(52-31)50-40-22-11-7-18-36(40)48(37-19-8-12-23-41(37)50)33-27-29-46-44(30-33)42-24-13-25-43(51(42)53-46)49-38-20-9-5-16-34(38)47(32-14-3-2-4-15-32)35-17-6-10-21-39(35)49/h2-30,42,51H,1H3. The summed E-state index contributed by atoms with van der Waals surface area (Å²) in [6.45, 7) is 2.02. The molecule has 0 fully saturated rings. The molecule has 0 saturated heterocycles. The van der Waals surface area contributed by atoms with E-state index in [1.807, 2.05) is 18.7 Å². The summed E-state index contributed by atoms with van der Waals surface area (Å²) in [5.41, 5.74) is 10.4. The number of rotatable bonds is 4. The Kier molecular flexibility index (Phi) is 6.90. The number of benzene rings is 8. The van der Waals surface area contributed by atoms with Crippen molar-refractivity contribution in [3.05, 3.63) is 193 Å². The molecule has 8 aromatic carbocycles.